The van der Waals surface area contributed by atoms with Gasteiger partial charge in [0.25, 0.3) is 0 Å². The minimum Gasteiger partial charge on any atom is -0.372 e. The molecule has 0 aromatic carbocycles. The van der Waals surface area contributed by atoms with Crippen LogP contribution in [-0.4, -0.2) is 45.7 Å². The van der Waals surface area contributed by atoms with Crippen molar-refractivity contribution in [2.24, 2.45) is 0 Å². The molecule has 2 aromatic heterocycles. The monoisotopic (exact) mass is 348 g/mol. The predicted octanol–water partition coefficient (Wildman–Crippen LogP) is 2.91. The van der Waals surface area contributed by atoms with E-state index < -0.39 is 0 Å². The average Bonchev–Trinajstić information content (AvgIpc) is 3.27. The summed E-state index contributed by atoms with van der Waals surface area (Å²) in [5, 5.41) is 9.96. The van der Waals surface area contributed by atoms with Crippen LogP contribution in [-0.2, 0) is 16.0 Å². The number of piperidine rings is 1. The molecule has 2 aromatic rings. The maximum atomic E-state index is 12.6. The molecule has 1 aliphatic rings. The first-order valence-electron chi connectivity index (χ1n) is 8.50. The number of nitrogens with zero attached hydrogens (tertiary/aromatic N) is 3. The van der Waals surface area contributed by atoms with Gasteiger partial charge in [-0.3, -0.25) is 9.89 Å². The summed E-state index contributed by atoms with van der Waals surface area (Å²) in [5.41, 5.74) is 1.96. The number of hydrogen-bond acceptors (Lipinski definition) is 5. The molecule has 6 nitrogen and oxygen atoms in total. The smallest absolute Gasteiger partial charge is 0.228 e. The van der Waals surface area contributed by atoms with Crippen LogP contribution in [0.3, 0.4) is 0 Å². The van der Waals surface area contributed by atoms with E-state index in [1.807, 2.05) is 30.2 Å². The van der Waals surface area contributed by atoms with Gasteiger partial charge in [-0.2, -0.15) is 5.10 Å². The number of carbonyl (C=O) groups excluding carboxylic acids is 1. The molecule has 1 aliphatic heterocycles. The van der Waals surface area contributed by atoms with Gasteiger partial charge in [-0.25, -0.2) is 4.98 Å². The van der Waals surface area contributed by atoms with Crippen molar-refractivity contribution in [3.8, 4) is 0 Å². The fraction of sp³-hybridized carbons (Fsp3) is 0.588. The van der Waals surface area contributed by atoms with Crippen LogP contribution in [0, 0.1) is 0 Å². The van der Waals surface area contributed by atoms with Gasteiger partial charge in [0.1, 0.15) is 11.1 Å². The quantitative estimate of drug-likeness (QED) is 0.871. The zero-order valence-corrected chi connectivity index (χ0v) is 15.0. The lowest BCUT2D eigenvalue weighted by Gasteiger charge is -2.32. The van der Waals surface area contributed by atoms with Crippen LogP contribution in [0.4, 0.5) is 0 Å². The number of ether oxygens (including phenoxy) is 1. The third kappa shape index (κ3) is 4.02. The lowest BCUT2D eigenvalue weighted by molar-refractivity contribution is -0.131. The number of H-pyrrole nitrogens is 1. The molecular formula is C17H24N4O2S. The number of nitrogens with one attached hydrogen (secondary N) is 1. The second-order valence-electron chi connectivity index (χ2n) is 6.14. The molecule has 0 radical (unpaired) electrons. The molecule has 3 rings (SSSR count). The van der Waals surface area contributed by atoms with E-state index >= 15 is 0 Å². The van der Waals surface area contributed by atoms with E-state index in [0.29, 0.717) is 18.9 Å². The molecule has 130 valence electrons. The molecule has 0 aliphatic carbocycles. The van der Waals surface area contributed by atoms with Crippen molar-refractivity contribution < 1.29 is 9.53 Å². The molecular weight excluding hydrogens is 324 g/mol. The molecule has 24 heavy (non-hydrogen) atoms. The summed E-state index contributed by atoms with van der Waals surface area (Å²) in [4.78, 5) is 19.1. The molecule has 0 unspecified atom stereocenters. The first-order chi connectivity index (χ1) is 11.7. The molecule has 1 N–H and O–H groups in total. The molecule has 1 amide bonds. The highest BCUT2D eigenvalue weighted by molar-refractivity contribution is 7.09. The second-order valence-corrected chi connectivity index (χ2v) is 7.03. The van der Waals surface area contributed by atoms with Crippen LogP contribution < -0.4 is 0 Å². The van der Waals surface area contributed by atoms with Gasteiger partial charge in [-0.15, -0.1) is 11.3 Å². The Morgan fingerprint density at radius 2 is 2.46 bits per heavy atom. The molecule has 7 heteroatoms. The van der Waals surface area contributed by atoms with Crippen LogP contribution >= 0.6 is 11.3 Å². The first kappa shape index (κ1) is 17.1. The normalized spacial score (nSPS) is 19.4. The van der Waals surface area contributed by atoms with E-state index in [0.717, 1.165) is 42.3 Å². The molecule has 0 bridgehead atoms. The Labute approximate surface area is 146 Å². The van der Waals surface area contributed by atoms with Crippen molar-refractivity contribution in [2.45, 2.75) is 45.1 Å². The van der Waals surface area contributed by atoms with E-state index in [1.165, 1.54) is 0 Å². The Balaban J connectivity index is 1.58. The Morgan fingerprint density at radius 1 is 1.58 bits per heavy atom. The summed E-state index contributed by atoms with van der Waals surface area (Å²) in [7, 11) is 0. The van der Waals surface area contributed by atoms with Crippen molar-refractivity contribution in [3.63, 3.8) is 0 Å². The number of amides is 1. The third-order valence-corrected chi connectivity index (χ3v) is 5.46. The minimum absolute atomic E-state index is 0.0106. The number of rotatable bonds is 6. The highest BCUT2D eigenvalue weighted by Crippen LogP contribution is 2.26. The van der Waals surface area contributed by atoms with Gasteiger partial charge in [0.15, 0.2) is 0 Å². The summed E-state index contributed by atoms with van der Waals surface area (Å²) in [6, 6.07) is 2.00. The molecule has 0 saturated carbocycles. The minimum atomic E-state index is -0.0106. The van der Waals surface area contributed by atoms with Crippen molar-refractivity contribution in [1.82, 2.24) is 20.1 Å². The second kappa shape index (κ2) is 7.90. The summed E-state index contributed by atoms with van der Waals surface area (Å²) >= 11 is 1.56. The summed E-state index contributed by atoms with van der Waals surface area (Å²) in [6.07, 6.45) is 4.25. The molecule has 3 heterocycles. The lowest BCUT2D eigenvalue weighted by Crippen LogP contribution is -2.40. The fourth-order valence-corrected chi connectivity index (χ4v) is 3.95. The standard InChI is InChI=1S/C17H24N4O2S/c1-3-23-12(2)17-19-14(11-24-17)9-16(22)21-8-4-5-13(10-21)15-6-7-18-20-15/h6-7,11-13H,3-5,8-10H2,1-2H3,(H,18,20)/t12-,13-/m1/s1. The van der Waals surface area contributed by atoms with Gasteiger partial charge in [0.2, 0.25) is 5.91 Å². The van der Waals surface area contributed by atoms with E-state index in [4.69, 9.17) is 4.74 Å². The zero-order chi connectivity index (χ0) is 16.9. The zero-order valence-electron chi connectivity index (χ0n) is 14.2. The Kier molecular flexibility index (Phi) is 5.63. The number of hydrogen-bond donors (Lipinski definition) is 1. The SMILES string of the molecule is CCO[C@H](C)c1nc(CC(=O)N2CCC[C@@H](c3ccn[nH]3)C2)cs1. The number of aromatic amines is 1. The van der Waals surface area contributed by atoms with Crippen molar-refractivity contribution in [1.29, 1.82) is 0 Å². The fourth-order valence-electron chi connectivity index (χ4n) is 3.13. The Bertz CT molecular complexity index is 655. The van der Waals surface area contributed by atoms with Gasteiger partial charge in [-0.1, -0.05) is 0 Å². The van der Waals surface area contributed by atoms with Crippen molar-refractivity contribution in [3.05, 3.63) is 34.0 Å². The van der Waals surface area contributed by atoms with Crippen LogP contribution in [0.1, 0.15) is 55.1 Å². The largest absolute Gasteiger partial charge is 0.372 e. The topological polar surface area (TPSA) is 71.1 Å². The van der Waals surface area contributed by atoms with Crippen LogP contribution in [0.2, 0.25) is 0 Å². The van der Waals surface area contributed by atoms with Gasteiger partial charge in [0.05, 0.1) is 12.1 Å². The lowest BCUT2D eigenvalue weighted by atomic mass is 9.94. The Morgan fingerprint density at radius 3 is 3.21 bits per heavy atom. The number of thiazole rings is 1. The van der Waals surface area contributed by atoms with E-state index in [9.17, 15) is 4.79 Å². The highest BCUT2D eigenvalue weighted by Gasteiger charge is 2.26. The third-order valence-electron chi connectivity index (χ3n) is 4.40. The van der Waals surface area contributed by atoms with Crippen LogP contribution in [0.5, 0.6) is 0 Å². The number of likely N-dealkylation sites (tertiary alicyclic amines) is 1. The number of aromatic nitrogens is 3. The van der Waals surface area contributed by atoms with Gasteiger partial charge >= 0.3 is 0 Å². The predicted molar refractivity (Wildman–Crippen MR) is 93.0 cm³/mol. The maximum Gasteiger partial charge on any atom is 0.228 e. The molecule has 0 spiro atoms. The summed E-state index contributed by atoms with van der Waals surface area (Å²) in [5.74, 6) is 0.509. The van der Waals surface area contributed by atoms with E-state index in [1.54, 1.807) is 17.5 Å². The van der Waals surface area contributed by atoms with Crippen molar-refractivity contribution >= 4 is 17.2 Å². The highest BCUT2D eigenvalue weighted by atomic mass is 32.1. The van der Waals surface area contributed by atoms with E-state index in [-0.39, 0.29) is 12.0 Å². The number of carbonyl (C=O) groups is 1. The molecule has 1 fully saturated rings. The van der Waals surface area contributed by atoms with Gasteiger partial charge < -0.3 is 9.64 Å². The molecule has 1 saturated heterocycles. The Hall–Kier alpha value is -1.73. The van der Waals surface area contributed by atoms with E-state index in [2.05, 4.69) is 15.2 Å². The average molecular weight is 348 g/mol. The van der Waals surface area contributed by atoms with Crippen LogP contribution in [0.25, 0.3) is 0 Å². The maximum absolute atomic E-state index is 12.6. The van der Waals surface area contributed by atoms with Crippen molar-refractivity contribution in [2.75, 3.05) is 19.7 Å². The summed E-state index contributed by atoms with van der Waals surface area (Å²) < 4.78 is 5.56. The summed E-state index contributed by atoms with van der Waals surface area (Å²) in [6.45, 7) is 6.22. The molecule has 2 atom stereocenters. The van der Waals surface area contributed by atoms with Gasteiger partial charge in [0, 0.05) is 42.9 Å². The van der Waals surface area contributed by atoms with Gasteiger partial charge in [-0.05, 0) is 32.8 Å². The van der Waals surface area contributed by atoms with Crippen LogP contribution in [0.15, 0.2) is 17.6 Å². The first-order valence-corrected chi connectivity index (χ1v) is 9.38.